The van der Waals surface area contributed by atoms with E-state index in [1.807, 2.05) is 19.1 Å². The fourth-order valence-electron chi connectivity index (χ4n) is 3.69. The average molecular weight is 441 g/mol. The second kappa shape index (κ2) is 9.00. The summed E-state index contributed by atoms with van der Waals surface area (Å²) in [7, 11) is 1.57. The highest BCUT2D eigenvalue weighted by molar-refractivity contribution is 6.46. The fraction of sp³-hybridized carbons (Fsp3) is 0.115. The standard InChI is InChI=1S/C26H23N3O4/c1-16-6-4-5-7-22(16)29-25(31)23(18-8-14-21(33-3)15-9-18)24(26(29)32)28-20-12-10-19(11-13-20)27-17(2)30/h4-15,28H,1-3H3,(H,27,30). The van der Waals surface area contributed by atoms with E-state index in [2.05, 4.69) is 10.6 Å². The van der Waals surface area contributed by atoms with Gasteiger partial charge >= 0.3 is 0 Å². The molecule has 0 saturated heterocycles. The van der Waals surface area contributed by atoms with Gasteiger partial charge in [-0.1, -0.05) is 30.3 Å². The summed E-state index contributed by atoms with van der Waals surface area (Å²) in [4.78, 5) is 39.5. The first kappa shape index (κ1) is 21.8. The maximum Gasteiger partial charge on any atom is 0.282 e. The molecule has 33 heavy (non-hydrogen) atoms. The number of amides is 3. The number of ether oxygens (including phenoxy) is 1. The molecule has 4 rings (SSSR count). The molecule has 1 aliphatic rings. The lowest BCUT2D eigenvalue weighted by molar-refractivity contribution is -0.120. The van der Waals surface area contributed by atoms with E-state index in [0.717, 1.165) is 5.56 Å². The number of imide groups is 1. The molecule has 2 N–H and O–H groups in total. The van der Waals surface area contributed by atoms with Gasteiger partial charge < -0.3 is 15.4 Å². The zero-order valence-electron chi connectivity index (χ0n) is 18.5. The van der Waals surface area contributed by atoms with Crippen LogP contribution in [0.15, 0.2) is 78.5 Å². The Balaban J connectivity index is 1.76. The van der Waals surface area contributed by atoms with Gasteiger partial charge in [-0.25, -0.2) is 4.90 Å². The van der Waals surface area contributed by atoms with Crippen molar-refractivity contribution < 1.29 is 19.1 Å². The lowest BCUT2D eigenvalue weighted by atomic mass is 10.0. The number of carbonyl (C=O) groups excluding carboxylic acids is 3. The minimum absolute atomic E-state index is 0.175. The third kappa shape index (κ3) is 4.34. The van der Waals surface area contributed by atoms with Gasteiger partial charge in [0.2, 0.25) is 5.91 Å². The highest BCUT2D eigenvalue weighted by Gasteiger charge is 2.40. The minimum atomic E-state index is -0.439. The number of carbonyl (C=O) groups is 3. The van der Waals surface area contributed by atoms with Crippen molar-refractivity contribution in [1.29, 1.82) is 0 Å². The van der Waals surface area contributed by atoms with Gasteiger partial charge in [0.25, 0.3) is 11.8 Å². The van der Waals surface area contributed by atoms with Gasteiger partial charge in [0.1, 0.15) is 11.4 Å². The van der Waals surface area contributed by atoms with E-state index in [-0.39, 0.29) is 17.2 Å². The molecule has 3 amide bonds. The molecule has 0 unspecified atom stereocenters. The summed E-state index contributed by atoms with van der Waals surface area (Å²) < 4.78 is 5.22. The quantitative estimate of drug-likeness (QED) is 0.555. The van der Waals surface area contributed by atoms with Gasteiger partial charge in [0.05, 0.1) is 18.4 Å². The molecule has 1 heterocycles. The van der Waals surface area contributed by atoms with Gasteiger partial charge in [-0.2, -0.15) is 0 Å². The molecule has 0 bridgehead atoms. The van der Waals surface area contributed by atoms with Crippen LogP contribution in [-0.4, -0.2) is 24.8 Å². The molecule has 3 aromatic rings. The number of hydrogen-bond acceptors (Lipinski definition) is 5. The van der Waals surface area contributed by atoms with Crippen molar-refractivity contribution in [2.45, 2.75) is 13.8 Å². The summed E-state index contributed by atoms with van der Waals surface area (Å²) in [6.07, 6.45) is 0. The van der Waals surface area contributed by atoms with Crippen molar-refractivity contribution in [2.75, 3.05) is 22.6 Å². The average Bonchev–Trinajstić information content (AvgIpc) is 3.04. The number of nitrogens with one attached hydrogen (secondary N) is 2. The summed E-state index contributed by atoms with van der Waals surface area (Å²) in [6.45, 7) is 3.29. The van der Waals surface area contributed by atoms with E-state index in [0.29, 0.717) is 28.4 Å². The van der Waals surface area contributed by atoms with E-state index < -0.39 is 11.8 Å². The SMILES string of the molecule is COc1ccc(C2=C(Nc3ccc(NC(C)=O)cc3)C(=O)N(c3ccccc3C)C2=O)cc1. The summed E-state index contributed by atoms with van der Waals surface area (Å²) in [6, 6.07) is 21.2. The lowest BCUT2D eigenvalue weighted by Gasteiger charge is -2.17. The Morgan fingerprint density at radius 2 is 1.48 bits per heavy atom. The van der Waals surface area contributed by atoms with Crippen molar-refractivity contribution in [3.8, 4) is 5.75 Å². The van der Waals surface area contributed by atoms with Gasteiger partial charge in [0.15, 0.2) is 0 Å². The topological polar surface area (TPSA) is 87.7 Å². The molecule has 0 atom stereocenters. The molecule has 0 fully saturated rings. The van der Waals surface area contributed by atoms with Crippen LogP contribution in [-0.2, 0) is 14.4 Å². The molecule has 0 spiro atoms. The third-order valence-electron chi connectivity index (χ3n) is 5.29. The second-order valence-corrected chi connectivity index (χ2v) is 7.59. The van der Waals surface area contributed by atoms with Crippen LogP contribution >= 0.6 is 0 Å². The van der Waals surface area contributed by atoms with Crippen molar-refractivity contribution >= 4 is 40.4 Å². The van der Waals surface area contributed by atoms with E-state index in [9.17, 15) is 14.4 Å². The number of benzene rings is 3. The Morgan fingerprint density at radius 1 is 0.848 bits per heavy atom. The number of hydrogen-bond donors (Lipinski definition) is 2. The number of methoxy groups -OCH3 is 1. The van der Waals surface area contributed by atoms with Crippen LogP contribution in [0.1, 0.15) is 18.1 Å². The first-order valence-electron chi connectivity index (χ1n) is 10.4. The number of aryl methyl sites for hydroxylation is 1. The van der Waals surface area contributed by atoms with E-state index in [4.69, 9.17) is 4.74 Å². The van der Waals surface area contributed by atoms with Crippen molar-refractivity contribution in [3.63, 3.8) is 0 Å². The van der Waals surface area contributed by atoms with Crippen LogP contribution in [0.5, 0.6) is 5.75 Å². The molecule has 7 heteroatoms. The predicted octanol–water partition coefficient (Wildman–Crippen LogP) is 4.36. The Kier molecular flexibility index (Phi) is 5.95. The predicted molar refractivity (Wildman–Crippen MR) is 128 cm³/mol. The Hall–Kier alpha value is -4.39. The molecule has 7 nitrogen and oxygen atoms in total. The summed E-state index contributed by atoms with van der Waals surface area (Å²) in [5.41, 5.74) is 3.65. The highest BCUT2D eigenvalue weighted by atomic mass is 16.5. The molecule has 0 aliphatic carbocycles. The third-order valence-corrected chi connectivity index (χ3v) is 5.29. The van der Waals surface area contributed by atoms with Crippen LogP contribution in [0.2, 0.25) is 0 Å². The van der Waals surface area contributed by atoms with Gasteiger partial charge in [0, 0.05) is 18.3 Å². The summed E-state index contributed by atoms with van der Waals surface area (Å²) in [5, 5.41) is 5.82. The lowest BCUT2D eigenvalue weighted by Crippen LogP contribution is -2.33. The van der Waals surface area contributed by atoms with Crippen LogP contribution in [0, 0.1) is 6.92 Å². The second-order valence-electron chi connectivity index (χ2n) is 7.59. The van der Waals surface area contributed by atoms with E-state index in [1.54, 1.807) is 67.8 Å². The number of rotatable bonds is 6. The summed E-state index contributed by atoms with van der Waals surface area (Å²) >= 11 is 0. The van der Waals surface area contributed by atoms with Crippen molar-refractivity contribution in [1.82, 2.24) is 0 Å². The zero-order chi connectivity index (χ0) is 23.5. The number of nitrogens with zero attached hydrogens (tertiary/aromatic N) is 1. The first-order valence-corrected chi connectivity index (χ1v) is 10.4. The fourth-order valence-corrected chi connectivity index (χ4v) is 3.69. The molecule has 1 aliphatic heterocycles. The van der Waals surface area contributed by atoms with Crippen molar-refractivity contribution in [3.05, 3.63) is 89.6 Å². The number of para-hydroxylation sites is 1. The molecule has 0 aromatic heterocycles. The molecule has 3 aromatic carbocycles. The Bertz CT molecular complexity index is 1260. The molecular formula is C26H23N3O4. The van der Waals surface area contributed by atoms with Gasteiger partial charge in [-0.15, -0.1) is 0 Å². The van der Waals surface area contributed by atoms with Crippen LogP contribution in [0.4, 0.5) is 17.1 Å². The molecule has 0 saturated carbocycles. The zero-order valence-corrected chi connectivity index (χ0v) is 18.5. The van der Waals surface area contributed by atoms with Crippen molar-refractivity contribution in [2.24, 2.45) is 0 Å². The van der Waals surface area contributed by atoms with Crippen LogP contribution in [0.25, 0.3) is 5.57 Å². The molecular weight excluding hydrogens is 418 g/mol. The first-order chi connectivity index (χ1) is 15.9. The monoisotopic (exact) mass is 441 g/mol. The normalized spacial score (nSPS) is 13.4. The highest BCUT2D eigenvalue weighted by Crippen LogP contribution is 2.35. The maximum atomic E-state index is 13.5. The number of anilines is 3. The van der Waals surface area contributed by atoms with Gasteiger partial charge in [-0.3, -0.25) is 14.4 Å². The smallest absolute Gasteiger partial charge is 0.282 e. The Morgan fingerprint density at radius 3 is 2.09 bits per heavy atom. The minimum Gasteiger partial charge on any atom is -0.497 e. The van der Waals surface area contributed by atoms with Crippen LogP contribution < -0.4 is 20.3 Å². The maximum absolute atomic E-state index is 13.5. The molecule has 0 radical (unpaired) electrons. The molecule has 166 valence electrons. The van der Waals surface area contributed by atoms with Gasteiger partial charge in [-0.05, 0) is 60.5 Å². The van der Waals surface area contributed by atoms with E-state index in [1.165, 1.54) is 11.8 Å². The van der Waals surface area contributed by atoms with Crippen LogP contribution in [0.3, 0.4) is 0 Å². The summed E-state index contributed by atoms with van der Waals surface area (Å²) in [5.74, 6) is -0.372. The van der Waals surface area contributed by atoms with E-state index >= 15 is 0 Å². The Labute approximate surface area is 191 Å². The largest absolute Gasteiger partial charge is 0.497 e.